The predicted molar refractivity (Wildman–Crippen MR) is 228 cm³/mol. The first-order valence-corrected chi connectivity index (χ1v) is 18.4. The zero-order valence-corrected chi connectivity index (χ0v) is 29.6. The quantitative estimate of drug-likeness (QED) is 0.166. The Morgan fingerprint density at radius 3 is 1.59 bits per heavy atom. The molecular formula is C52H35NO. The molecule has 0 saturated carbocycles. The van der Waals surface area contributed by atoms with Gasteiger partial charge in [0.2, 0.25) is 0 Å². The van der Waals surface area contributed by atoms with E-state index in [4.69, 9.17) is 4.42 Å². The van der Waals surface area contributed by atoms with Gasteiger partial charge in [-0.05, 0) is 116 Å². The van der Waals surface area contributed by atoms with Gasteiger partial charge in [0.25, 0.3) is 0 Å². The summed E-state index contributed by atoms with van der Waals surface area (Å²) in [6, 6.07) is 75.9. The summed E-state index contributed by atoms with van der Waals surface area (Å²) in [7, 11) is 0. The summed E-state index contributed by atoms with van der Waals surface area (Å²) in [5.41, 5.74) is 14.4. The van der Waals surface area contributed by atoms with Gasteiger partial charge < -0.3 is 9.32 Å². The van der Waals surface area contributed by atoms with Crippen molar-refractivity contribution in [3.63, 3.8) is 0 Å². The molecule has 0 bridgehead atoms. The molecule has 2 heteroatoms. The summed E-state index contributed by atoms with van der Waals surface area (Å²) < 4.78 is 6.58. The minimum atomic E-state index is 0.856. The van der Waals surface area contributed by atoms with Crippen molar-refractivity contribution in [1.29, 1.82) is 0 Å². The molecule has 0 amide bonds. The molecule has 0 saturated heterocycles. The first-order valence-electron chi connectivity index (χ1n) is 18.4. The van der Waals surface area contributed by atoms with Crippen molar-refractivity contribution >= 4 is 49.8 Å². The smallest absolute Gasteiger partial charge is 0.137 e. The van der Waals surface area contributed by atoms with E-state index in [2.05, 4.69) is 217 Å². The van der Waals surface area contributed by atoms with Gasteiger partial charge in [-0.3, -0.25) is 0 Å². The van der Waals surface area contributed by atoms with Crippen LogP contribution >= 0.6 is 0 Å². The highest BCUT2D eigenvalue weighted by Crippen LogP contribution is 2.45. The molecule has 0 spiro atoms. The molecule has 1 heterocycles. The molecular weight excluding hydrogens is 655 g/mol. The molecule has 2 nitrogen and oxygen atoms in total. The van der Waals surface area contributed by atoms with Gasteiger partial charge in [-0.1, -0.05) is 152 Å². The average molecular weight is 690 g/mol. The van der Waals surface area contributed by atoms with E-state index in [9.17, 15) is 0 Å². The lowest BCUT2D eigenvalue weighted by molar-refractivity contribution is 0.669. The lowest BCUT2D eigenvalue weighted by Gasteiger charge is -2.27. The lowest BCUT2D eigenvalue weighted by Crippen LogP contribution is -2.10. The topological polar surface area (TPSA) is 16.4 Å². The van der Waals surface area contributed by atoms with Crippen LogP contribution in [0.25, 0.3) is 77.2 Å². The van der Waals surface area contributed by atoms with Gasteiger partial charge in [-0.25, -0.2) is 0 Å². The maximum absolute atomic E-state index is 6.58. The Balaban J connectivity index is 1.13. The molecule has 0 unspecified atom stereocenters. The van der Waals surface area contributed by atoms with Crippen molar-refractivity contribution in [2.75, 3.05) is 4.90 Å². The predicted octanol–water partition coefficient (Wildman–Crippen LogP) is 14.9. The van der Waals surface area contributed by atoms with Crippen molar-refractivity contribution in [3.8, 4) is 44.5 Å². The van der Waals surface area contributed by atoms with Crippen molar-refractivity contribution in [1.82, 2.24) is 0 Å². The van der Waals surface area contributed by atoms with Gasteiger partial charge in [-0.15, -0.1) is 0 Å². The second-order valence-electron chi connectivity index (χ2n) is 13.8. The molecule has 9 aromatic carbocycles. The van der Waals surface area contributed by atoms with Gasteiger partial charge in [0.05, 0.1) is 11.1 Å². The molecule has 0 fully saturated rings. The van der Waals surface area contributed by atoms with E-state index in [0.717, 1.165) is 50.1 Å². The van der Waals surface area contributed by atoms with Gasteiger partial charge in [-0.2, -0.15) is 0 Å². The minimum Gasteiger partial charge on any atom is -0.456 e. The fourth-order valence-electron chi connectivity index (χ4n) is 7.74. The molecule has 0 N–H and O–H groups in total. The van der Waals surface area contributed by atoms with E-state index in [1.165, 1.54) is 44.2 Å². The molecule has 10 rings (SSSR count). The number of anilines is 3. The Morgan fingerprint density at radius 2 is 0.833 bits per heavy atom. The van der Waals surface area contributed by atoms with Crippen LogP contribution in [0.1, 0.15) is 0 Å². The molecule has 0 aliphatic carbocycles. The van der Waals surface area contributed by atoms with Crippen LogP contribution in [0, 0.1) is 0 Å². The highest BCUT2D eigenvalue weighted by molar-refractivity contribution is 6.14. The normalized spacial score (nSPS) is 11.3. The average Bonchev–Trinajstić information content (AvgIpc) is 3.63. The number of hydrogen-bond acceptors (Lipinski definition) is 2. The van der Waals surface area contributed by atoms with E-state index < -0.39 is 0 Å². The summed E-state index contributed by atoms with van der Waals surface area (Å²) in [5, 5.41) is 4.65. The van der Waals surface area contributed by atoms with Crippen LogP contribution in [-0.4, -0.2) is 0 Å². The number of nitrogens with zero attached hydrogens (tertiary/aromatic N) is 1. The largest absolute Gasteiger partial charge is 0.456 e. The third-order valence-corrected chi connectivity index (χ3v) is 10.4. The van der Waals surface area contributed by atoms with E-state index in [0.29, 0.717) is 0 Å². The third kappa shape index (κ3) is 5.81. The van der Waals surface area contributed by atoms with Crippen LogP contribution in [0.4, 0.5) is 17.1 Å². The minimum absolute atomic E-state index is 0.856. The number of furan rings is 1. The van der Waals surface area contributed by atoms with Gasteiger partial charge in [0, 0.05) is 16.8 Å². The second-order valence-corrected chi connectivity index (χ2v) is 13.8. The van der Waals surface area contributed by atoms with Crippen LogP contribution in [-0.2, 0) is 0 Å². The Bertz CT molecular complexity index is 2920. The van der Waals surface area contributed by atoms with E-state index in [1.807, 2.05) is 0 Å². The first kappa shape index (κ1) is 31.6. The Kier molecular flexibility index (Phi) is 7.85. The Morgan fingerprint density at radius 1 is 0.296 bits per heavy atom. The van der Waals surface area contributed by atoms with Crippen molar-refractivity contribution in [3.05, 3.63) is 212 Å². The number of fused-ring (bicyclic) bond motifs is 4. The Hall–Kier alpha value is -7.16. The van der Waals surface area contributed by atoms with Crippen molar-refractivity contribution < 1.29 is 4.42 Å². The maximum atomic E-state index is 6.58. The Labute approximate surface area is 314 Å². The van der Waals surface area contributed by atoms with Gasteiger partial charge in [0.15, 0.2) is 0 Å². The molecule has 54 heavy (non-hydrogen) atoms. The summed E-state index contributed by atoms with van der Waals surface area (Å²) in [6.07, 6.45) is 0. The molecule has 0 aliphatic heterocycles. The van der Waals surface area contributed by atoms with Crippen LogP contribution < -0.4 is 4.90 Å². The number of rotatable bonds is 7. The van der Waals surface area contributed by atoms with E-state index in [1.54, 1.807) is 0 Å². The van der Waals surface area contributed by atoms with Gasteiger partial charge >= 0.3 is 0 Å². The molecule has 0 atom stereocenters. The highest BCUT2D eigenvalue weighted by Gasteiger charge is 2.20. The van der Waals surface area contributed by atoms with Gasteiger partial charge in [0.1, 0.15) is 11.2 Å². The van der Waals surface area contributed by atoms with E-state index in [-0.39, 0.29) is 0 Å². The fourth-order valence-corrected chi connectivity index (χ4v) is 7.74. The summed E-state index contributed by atoms with van der Waals surface area (Å²) in [6.45, 7) is 0. The van der Waals surface area contributed by atoms with Crippen molar-refractivity contribution in [2.24, 2.45) is 0 Å². The van der Waals surface area contributed by atoms with Crippen LogP contribution in [0.5, 0.6) is 0 Å². The molecule has 254 valence electrons. The third-order valence-electron chi connectivity index (χ3n) is 10.4. The van der Waals surface area contributed by atoms with Crippen molar-refractivity contribution in [2.45, 2.75) is 0 Å². The monoisotopic (exact) mass is 689 g/mol. The molecule has 1 aromatic heterocycles. The van der Waals surface area contributed by atoms with Crippen LogP contribution in [0.2, 0.25) is 0 Å². The SMILES string of the molecule is c1ccc(-c2cccc(-c3ccc4oc5cccc(N(c6ccc(-c7ccc8ccccc8c7)cc6)c6cccc(-c7ccccc7)c6)c5c4c3)c2)cc1. The lowest BCUT2D eigenvalue weighted by atomic mass is 9.97. The number of hydrogen-bond donors (Lipinski definition) is 0. The zero-order valence-electron chi connectivity index (χ0n) is 29.6. The summed E-state index contributed by atoms with van der Waals surface area (Å²) >= 11 is 0. The van der Waals surface area contributed by atoms with Crippen LogP contribution in [0.15, 0.2) is 217 Å². The first-order chi connectivity index (χ1) is 26.7. The second kappa shape index (κ2) is 13.4. The fraction of sp³-hybridized carbons (Fsp3) is 0. The molecule has 10 aromatic rings. The summed E-state index contributed by atoms with van der Waals surface area (Å²) in [5.74, 6) is 0. The molecule has 0 radical (unpaired) electrons. The zero-order chi connectivity index (χ0) is 35.8. The molecule has 0 aliphatic rings. The standard InChI is InChI=1S/C52H35NO/c1-3-12-36(13-4-1)41-18-9-19-42(32-41)45-28-31-50-48(35-45)52-49(22-11-23-51(52)54-50)53(47-21-10-20-43(34-47)37-14-5-2-6-15-37)46-29-26-39(27-30-46)44-25-24-38-16-7-8-17-40(38)33-44/h1-35H. The summed E-state index contributed by atoms with van der Waals surface area (Å²) in [4.78, 5) is 2.37. The van der Waals surface area contributed by atoms with E-state index >= 15 is 0 Å². The highest BCUT2D eigenvalue weighted by atomic mass is 16.3. The maximum Gasteiger partial charge on any atom is 0.137 e. The van der Waals surface area contributed by atoms with Crippen LogP contribution in [0.3, 0.4) is 0 Å². The number of benzene rings is 9.